The molecule has 0 unspecified atom stereocenters. The molecule has 0 amide bonds. The molecule has 1 N–H and O–H groups in total. The van der Waals surface area contributed by atoms with Crippen LogP contribution in [-0.2, 0) is 21.5 Å². The maximum atomic E-state index is 12.0. The largest absolute Gasteiger partial charge is 0.447 e. The smallest absolute Gasteiger partial charge is 0.279 e. The Morgan fingerprint density at radius 3 is 3.00 bits per heavy atom. The first-order valence-corrected chi connectivity index (χ1v) is 7.25. The van der Waals surface area contributed by atoms with Gasteiger partial charge in [-0.2, -0.15) is 17.4 Å². The third-order valence-electron chi connectivity index (χ3n) is 2.78. The minimum Gasteiger partial charge on any atom is -0.447 e. The van der Waals surface area contributed by atoms with Crippen molar-refractivity contribution in [3.8, 4) is 0 Å². The number of hydrogen-bond acceptors (Lipinski definition) is 5. The van der Waals surface area contributed by atoms with E-state index in [0.29, 0.717) is 44.2 Å². The number of ether oxygens (including phenoxy) is 1. The first kappa shape index (κ1) is 13.5. The zero-order chi connectivity index (χ0) is 13.0. The topological polar surface area (TPSA) is 84.7 Å². The van der Waals surface area contributed by atoms with Crippen LogP contribution in [-0.4, -0.2) is 44.0 Å². The lowest BCUT2D eigenvalue weighted by Crippen LogP contribution is -2.41. The van der Waals surface area contributed by atoms with Crippen molar-refractivity contribution < 1.29 is 17.6 Å². The summed E-state index contributed by atoms with van der Waals surface area (Å²) < 4.78 is 38.3. The number of hydrogen-bond donors (Lipinski definition) is 1. The third-order valence-corrected chi connectivity index (χ3v) is 4.34. The van der Waals surface area contributed by atoms with Crippen LogP contribution in [0.1, 0.15) is 17.9 Å². The summed E-state index contributed by atoms with van der Waals surface area (Å²) in [5.41, 5.74) is 0.692. The van der Waals surface area contributed by atoms with Crippen LogP contribution in [0.15, 0.2) is 10.8 Å². The average molecular weight is 275 g/mol. The van der Waals surface area contributed by atoms with Crippen molar-refractivity contribution in [2.45, 2.75) is 19.9 Å². The Kier molecular flexibility index (Phi) is 4.33. The van der Waals surface area contributed by atoms with Crippen LogP contribution >= 0.6 is 0 Å². The zero-order valence-electron chi connectivity index (χ0n) is 10.3. The first-order valence-electron chi connectivity index (χ1n) is 5.81. The summed E-state index contributed by atoms with van der Waals surface area (Å²) in [6, 6.07) is 0. The Morgan fingerprint density at radius 1 is 1.44 bits per heavy atom. The van der Waals surface area contributed by atoms with Gasteiger partial charge in [0.2, 0.25) is 0 Å². The fourth-order valence-electron chi connectivity index (χ4n) is 1.71. The van der Waals surface area contributed by atoms with E-state index in [0.717, 1.165) is 0 Å². The quantitative estimate of drug-likeness (QED) is 0.838. The van der Waals surface area contributed by atoms with E-state index in [4.69, 9.17) is 9.15 Å². The molecule has 1 aliphatic heterocycles. The Hall–Kier alpha value is -0.960. The molecule has 7 nitrogen and oxygen atoms in total. The molecule has 0 bridgehead atoms. The van der Waals surface area contributed by atoms with Gasteiger partial charge in [0.15, 0.2) is 6.39 Å². The molecule has 2 heterocycles. The van der Waals surface area contributed by atoms with Gasteiger partial charge >= 0.3 is 0 Å². The molecule has 2 rings (SSSR count). The molecule has 0 radical (unpaired) electrons. The fraction of sp³-hybridized carbons (Fsp3) is 0.700. The van der Waals surface area contributed by atoms with E-state index in [1.54, 1.807) is 6.92 Å². The number of oxazole rings is 1. The fourth-order valence-corrected chi connectivity index (χ4v) is 2.89. The van der Waals surface area contributed by atoms with Gasteiger partial charge in [-0.25, -0.2) is 4.98 Å². The molecule has 102 valence electrons. The molecule has 1 aromatic heterocycles. The number of rotatable bonds is 4. The van der Waals surface area contributed by atoms with Crippen molar-refractivity contribution in [1.82, 2.24) is 14.0 Å². The SMILES string of the molecule is Cc1ncoc1CNS(=O)(=O)N1CCCOCC1. The Morgan fingerprint density at radius 2 is 2.28 bits per heavy atom. The highest BCUT2D eigenvalue weighted by atomic mass is 32.2. The minimum atomic E-state index is -3.48. The summed E-state index contributed by atoms with van der Waals surface area (Å²) in [6.07, 6.45) is 2.01. The van der Waals surface area contributed by atoms with Gasteiger partial charge in [-0.1, -0.05) is 0 Å². The Balaban J connectivity index is 1.96. The molecule has 1 aliphatic rings. The molecule has 0 spiro atoms. The van der Waals surface area contributed by atoms with E-state index in [1.807, 2.05) is 0 Å². The van der Waals surface area contributed by atoms with Gasteiger partial charge in [-0.15, -0.1) is 0 Å². The van der Waals surface area contributed by atoms with Crippen LogP contribution in [0, 0.1) is 6.92 Å². The molecule has 1 fully saturated rings. The number of nitrogens with one attached hydrogen (secondary N) is 1. The molecular weight excluding hydrogens is 258 g/mol. The van der Waals surface area contributed by atoms with Gasteiger partial charge in [0.05, 0.1) is 18.8 Å². The monoisotopic (exact) mass is 275 g/mol. The highest BCUT2D eigenvalue weighted by molar-refractivity contribution is 7.87. The second kappa shape index (κ2) is 5.79. The molecule has 0 aliphatic carbocycles. The molecule has 8 heteroatoms. The minimum absolute atomic E-state index is 0.117. The lowest BCUT2D eigenvalue weighted by atomic mass is 10.4. The predicted octanol–water partition coefficient (Wildman–Crippen LogP) is 0.0397. The Bertz CT molecular complexity index is 477. The summed E-state index contributed by atoms with van der Waals surface area (Å²) in [5, 5.41) is 0. The van der Waals surface area contributed by atoms with E-state index in [1.165, 1.54) is 10.7 Å². The normalized spacial score (nSPS) is 18.7. The van der Waals surface area contributed by atoms with Gasteiger partial charge < -0.3 is 9.15 Å². The van der Waals surface area contributed by atoms with Crippen LogP contribution in [0.2, 0.25) is 0 Å². The number of aromatic nitrogens is 1. The van der Waals surface area contributed by atoms with Gasteiger partial charge in [0, 0.05) is 19.7 Å². The van der Waals surface area contributed by atoms with Gasteiger partial charge in [-0.05, 0) is 13.3 Å². The summed E-state index contributed by atoms with van der Waals surface area (Å²) in [5.74, 6) is 0.532. The molecule has 1 saturated heterocycles. The van der Waals surface area contributed by atoms with Crippen LogP contribution in [0.5, 0.6) is 0 Å². The summed E-state index contributed by atoms with van der Waals surface area (Å²) in [4.78, 5) is 3.91. The highest BCUT2D eigenvalue weighted by Crippen LogP contribution is 2.08. The van der Waals surface area contributed by atoms with Crippen LogP contribution < -0.4 is 4.72 Å². The molecule has 1 aromatic rings. The molecular formula is C10H17N3O4S. The Labute approximate surface area is 106 Å². The lowest BCUT2D eigenvalue weighted by Gasteiger charge is -2.19. The molecule has 0 atom stereocenters. The van der Waals surface area contributed by atoms with Gasteiger partial charge in [-0.3, -0.25) is 0 Å². The van der Waals surface area contributed by atoms with Crippen molar-refractivity contribution in [1.29, 1.82) is 0 Å². The maximum absolute atomic E-state index is 12.0. The van der Waals surface area contributed by atoms with Crippen LogP contribution in [0.4, 0.5) is 0 Å². The van der Waals surface area contributed by atoms with Crippen LogP contribution in [0.25, 0.3) is 0 Å². The summed E-state index contributed by atoms with van der Waals surface area (Å²) in [6.45, 7) is 3.78. The maximum Gasteiger partial charge on any atom is 0.279 e. The molecule has 0 aromatic carbocycles. The van der Waals surface area contributed by atoms with Crippen molar-refractivity contribution in [3.63, 3.8) is 0 Å². The number of nitrogens with zero attached hydrogens (tertiary/aromatic N) is 2. The van der Waals surface area contributed by atoms with Crippen molar-refractivity contribution in [2.24, 2.45) is 0 Å². The van der Waals surface area contributed by atoms with E-state index in [9.17, 15) is 8.42 Å². The second-order valence-corrected chi connectivity index (χ2v) is 5.81. The van der Waals surface area contributed by atoms with E-state index in [2.05, 4.69) is 9.71 Å². The van der Waals surface area contributed by atoms with E-state index in [-0.39, 0.29) is 6.54 Å². The van der Waals surface area contributed by atoms with Crippen molar-refractivity contribution >= 4 is 10.2 Å². The standard InChI is InChI=1S/C10H17N3O4S/c1-9-10(17-8-11-9)7-12-18(14,15)13-3-2-5-16-6-4-13/h8,12H,2-7H2,1H3. The van der Waals surface area contributed by atoms with Crippen LogP contribution in [0.3, 0.4) is 0 Å². The molecule has 18 heavy (non-hydrogen) atoms. The van der Waals surface area contributed by atoms with E-state index < -0.39 is 10.2 Å². The van der Waals surface area contributed by atoms with E-state index >= 15 is 0 Å². The molecule has 0 saturated carbocycles. The average Bonchev–Trinajstić information content (AvgIpc) is 2.59. The summed E-state index contributed by atoms with van der Waals surface area (Å²) in [7, 11) is -3.48. The second-order valence-electron chi connectivity index (χ2n) is 4.05. The first-order chi connectivity index (χ1) is 8.59. The zero-order valence-corrected chi connectivity index (χ0v) is 11.1. The summed E-state index contributed by atoms with van der Waals surface area (Å²) >= 11 is 0. The highest BCUT2D eigenvalue weighted by Gasteiger charge is 2.23. The number of aryl methyl sites for hydroxylation is 1. The predicted molar refractivity (Wildman–Crippen MR) is 64.0 cm³/mol. The van der Waals surface area contributed by atoms with Crippen molar-refractivity contribution in [3.05, 3.63) is 17.8 Å². The van der Waals surface area contributed by atoms with Gasteiger partial charge in [0.25, 0.3) is 10.2 Å². The lowest BCUT2D eigenvalue weighted by molar-refractivity contribution is 0.148. The third kappa shape index (κ3) is 3.29. The van der Waals surface area contributed by atoms with Gasteiger partial charge in [0.1, 0.15) is 5.76 Å². The van der Waals surface area contributed by atoms with Crippen molar-refractivity contribution in [2.75, 3.05) is 26.3 Å².